The molecule has 0 aliphatic carbocycles. The van der Waals surface area contributed by atoms with E-state index in [1.807, 2.05) is 6.92 Å². The van der Waals surface area contributed by atoms with Crippen molar-refractivity contribution in [3.63, 3.8) is 0 Å². The number of hydrogen-bond acceptors (Lipinski definition) is 3. The van der Waals surface area contributed by atoms with Crippen molar-refractivity contribution in [2.75, 3.05) is 13.1 Å². The second kappa shape index (κ2) is 10.1. The number of nitrogens with one attached hydrogen (secondary N) is 2. The van der Waals surface area contributed by atoms with Crippen molar-refractivity contribution in [2.45, 2.75) is 39.1 Å². The van der Waals surface area contributed by atoms with Gasteiger partial charge in [-0.2, -0.15) is 13.2 Å². The SMILES string of the molecule is CCNC(=NCc1cccc(C(F)(F)F)c1)NCC(C)(O)c1ccc(C)o1.I. The van der Waals surface area contributed by atoms with Gasteiger partial charge in [0.15, 0.2) is 5.96 Å². The molecule has 0 spiro atoms. The molecule has 5 nitrogen and oxygen atoms in total. The second-order valence-electron chi connectivity index (χ2n) is 6.43. The van der Waals surface area contributed by atoms with Crippen LogP contribution in [0.4, 0.5) is 13.2 Å². The van der Waals surface area contributed by atoms with Gasteiger partial charge in [0.2, 0.25) is 0 Å². The van der Waals surface area contributed by atoms with Crippen LogP contribution in [0.2, 0.25) is 0 Å². The highest BCUT2D eigenvalue weighted by molar-refractivity contribution is 14.0. The van der Waals surface area contributed by atoms with Crippen molar-refractivity contribution in [3.05, 3.63) is 59.0 Å². The molecule has 2 rings (SSSR count). The third-order valence-corrected chi connectivity index (χ3v) is 3.89. The van der Waals surface area contributed by atoms with Crippen molar-refractivity contribution in [1.29, 1.82) is 0 Å². The zero-order chi connectivity index (χ0) is 20.1. The zero-order valence-electron chi connectivity index (χ0n) is 15.9. The summed E-state index contributed by atoms with van der Waals surface area (Å²) in [5.41, 5.74) is -1.53. The average molecular weight is 511 g/mol. The maximum atomic E-state index is 12.8. The molecule has 2 aromatic rings. The maximum absolute atomic E-state index is 12.8. The summed E-state index contributed by atoms with van der Waals surface area (Å²) in [7, 11) is 0. The van der Waals surface area contributed by atoms with Crippen LogP contribution in [0.5, 0.6) is 0 Å². The predicted octanol–water partition coefficient (Wildman–Crippen LogP) is 4.19. The van der Waals surface area contributed by atoms with Crippen molar-refractivity contribution in [2.24, 2.45) is 4.99 Å². The lowest BCUT2D eigenvalue weighted by molar-refractivity contribution is -0.137. The van der Waals surface area contributed by atoms with Gasteiger partial charge in [-0.15, -0.1) is 24.0 Å². The fourth-order valence-electron chi connectivity index (χ4n) is 2.43. The van der Waals surface area contributed by atoms with Gasteiger partial charge >= 0.3 is 6.18 Å². The number of aryl methyl sites for hydroxylation is 1. The molecular formula is C19H25F3IN3O2. The summed E-state index contributed by atoms with van der Waals surface area (Å²) >= 11 is 0. The highest BCUT2D eigenvalue weighted by Crippen LogP contribution is 2.29. The van der Waals surface area contributed by atoms with Crippen LogP contribution in [0.1, 0.15) is 36.5 Å². The molecule has 1 unspecified atom stereocenters. The van der Waals surface area contributed by atoms with Crippen LogP contribution in [-0.2, 0) is 18.3 Å². The van der Waals surface area contributed by atoms with E-state index in [1.54, 1.807) is 32.0 Å². The number of alkyl halides is 3. The summed E-state index contributed by atoms with van der Waals surface area (Å²) < 4.78 is 43.9. The molecule has 9 heteroatoms. The fraction of sp³-hybridized carbons (Fsp3) is 0.421. The lowest BCUT2D eigenvalue weighted by Gasteiger charge is -2.22. The molecule has 0 fully saturated rings. The summed E-state index contributed by atoms with van der Waals surface area (Å²) in [4.78, 5) is 4.29. The molecule has 1 aromatic carbocycles. The smallest absolute Gasteiger partial charge is 0.416 e. The van der Waals surface area contributed by atoms with Gasteiger partial charge in [0, 0.05) is 6.54 Å². The van der Waals surface area contributed by atoms with E-state index >= 15 is 0 Å². The van der Waals surface area contributed by atoms with Gasteiger partial charge in [0.05, 0.1) is 18.7 Å². The molecule has 0 bridgehead atoms. The third-order valence-electron chi connectivity index (χ3n) is 3.89. The Morgan fingerprint density at radius 2 is 1.89 bits per heavy atom. The minimum absolute atomic E-state index is 0. The van der Waals surface area contributed by atoms with E-state index in [0.717, 1.165) is 12.1 Å². The lowest BCUT2D eigenvalue weighted by Crippen LogP contribution is -2.44. The molecule has 156 valence electrons. The lowest BCUT2D eigenvalue weighted by atomic mass is 10.0. The molecular weight excluding hydrogens is 486 g/mol. The Morgan fingerprint density at radius 3 is 2.46 bits per heavy atom. The Hall–Kier alpha value is -1.75. The molecule has 1 aromatic heterocycles. The fourth-order valence-corrected chi connectivity index (χ4v) is 2.43. The van der Waals surface area contributed by atoms with E-state index in [1.165, 1.54) is 6.07 Å². The standard InChI is InChI=1S/C19H24F3N3O2.HI/c1-4-23-17(25-12-18(3,26)16-9-8-13(2)27-16)24-11-14-6-5-7-15(10-14)19(20,21)22;/h5-10,26H,4,11-12H2,1-3H3,(H2,23,24,25);1H. The Bertz CT molecular complexity index is 789. The van der Waals surface area contributed by atoms with Gasteiger partial charge in [0.1, 0.15) is 17.1 Å². The van der Waals surface area contributed by atoms with Crippen LogP contribution < -0.4 is 10.6 Å². The minimum Gasteiger partial charge on any atom is -0.463 e. The van der Waals surface area contributed by atoms with Gasteiger partial charge in [-0.1, -0.05) is 12.1 Å². The average Bonchev–Trinajstić information content (AvgIpc) is 3.04. The first kappa shape index (κ1) is 24.3. The molecule has 0 aliphatic rings. The summed E-state index contributed by atoms with van der Waals surface area (Å²) in [5, 5.41) is 16.6. The Balaban J connectivity index is 0.00000392. The molecule has 0 saturated heterocycles. The molecule has 1 atom stereocenters. The predicted molar refractivity (Wildman–Crippen MR) is 113 cm³/mol. The molecule has 1 heterocycles. The van der Waals surface area contributed by atoms with E-state index in [-0.39, 0.29) is 37.1 Å². The molecule has 0 amide bonds. The van der Waals surface area contributed by atoms with E-state index in [9.17, 15) is 18.3 Å². The number of rotatable bonds is 6. The maximum Gasteiger partial charge on any atom is 0.416 e. The third kappa shape index (κ3) is 7.01. The number of nitrogens with zero attached hydrogens (tertiary/aromatic N) is 1. The first-order valence-corrected chi connectivity index (χ1v) is 8.59. The largest absolute Gasteiger partial charge is 0.463 e. The van der Waals surface area contributed by atoms with Crippen molar-refractivity contribution >= 4 is 29.9 Å². The van der Waals surface area contributed by atoms with E-state index < -0.39 is 17.3 Å². The van der Waals surface area contributed by atoms with E-state index in [0.29, 0.717) is 29.6 Å². The first-order valence-electron chi connectivity index (χ1n) is 8.59. The number of guanidine groups is 1. The summed E-state index contributed by atoms with van der Waals surface area (Å²) in [6.45, 7) is 6.02. The van der Waals surface area contributed by atoms with Crippen LogP contribution in [-0.4, -0.2) is 24.2 Å². The molecule has 0 saturated carbocycles. The highest BCUT2D eigenvalue weighted by Gasteiger charge is 2.30. The highest BCUT2D eigenvalue weighted by atomic mass is 127. The molecule has 3 N–H and O–H groups in total. The number of aliphatic hydroxyl groups is 1. The zero-order valence-corrected chi connectivity index (χ0v) is 18.3. The van der Waals surface area contributed by atoms with E-state index in [2.05, 4.69) is 15.6 Å². The van der Waals surface area contributed by atoms with Crippen LogP contribution >= 0.6 is 24.0 Å². The van der Waals surface area contributed by atoms with Gasteiger partial charge in [0.25, 0.3) is 0 Å². The number of benzene rings is 1. The van der Waals surface area contributed by atoms with Crippen LogP contribution in [0, 0.1) is 6.92 Å². The van der Waals surface area contributed by atoms with Crippen molar-refractivity contribution in [1.82, 2.24) is 10.6 Å². The number of aliphatic imine (C=N–C) groups is 1. The van der Waals surface area contributed by atoms with Crippen LogP contribution in [0.25, 0.3) is 0 Å². The van der Waals surface area contributed by atoms with Gasteiger partial charge in [-0.3, -0.25) is 0 Å². The van der Waals surface area contributed by atoms with E-state index in [4.69, 9.17) is 4.42 Å². The minimum atomic E-state index is -4.39. The topological polar surface area (TPSA) is 69.8 Å². The Morgan fingerprint density at radius 1 is 1.18 bits per heavy atom. The Kier molecular flexibility index (Phi) is 8.80. The molecule has 28 heavy (non-hydrogen) atoms. The van der Waals surface area contributed by atoms with Gasteiger partial charge in [-0.05, 0) is 50.6 Å². The molecule has 0 aliphatic heterocycles. The first-order chi connectivity index (χ1) is 12.6. The molecule has 0 radical (unpaired) electrons. The summed E-state index contributed by atoms with van der Waals surface area (Å²) in [6.07, 6.45) is -4.39. The Labute approximate surface area is 179 Å². The number of furan rings is 1. The van der Waals surface area contributed by atoms with Gasteiger partial charge < -0.3 is 20.2 Å². The summed E-state index contributed by atoms with van der Waals surface area (Å²) in [5.74, 6) is 1.50. The van der Waals surface area contributed by atoms with Gasteiger partial charge in [-0.25, -0.2) is 4.99 Å². The van der Waals surface area contributed by atoms with Crippen molar-refractivity contribution < 1.29 is 22.7 Å². The summed E-state index contributed by atoms with van der Waals surface area (Å²) in [6, 6.07) is 8.51. The second-order valence-corrected chi connectivity index (χ2v) is 6.43. The normalized spacial score (nSPS) is 14.2. The quantitative estimate of drug-likeness (QED) is 0.309. The monoisotopic (exact) mass is 511 g/mol. The van der Waals surface area contributed by atoms with Crippen LogP contribution in [0.3, 0.4) is 0 Å². The number of hydrogen-bond donors (Lipinski definition) is 3. The number of halogens is 4. The van der Waals surface area contributed by atoms with Crippen molar-refractivity contribution in [3.8, 4) is 0 Å². The van der Waals surface area contributed by atoms with Crippen LogP contribution in [0.15, 0.2) is 45.8 Å².